The van der Waals surface area contributed by atoms with Gasteiger partial charge >= 0.3 is 5.97 Å². The molecule has 0 unspecified atom stereocenters. The molecule has 108 valence electrons. The number of carbonyl (C=O) groups is 2. The van der Waals surface area contributed by atoms with Crippen LogP contribution in [0.15, 0.2) is 48.4 Å². The summed E-state index contributed by atoms with van der Waals surface area (Å²) in [6.07, 6.45) is 1.63. The summed E-state index contributed by atoms with van der Waals surface area (Å²) < 4.78 is 5.32. The predicted molar refractivity (Wildman–Crippen MR) is 81.4 cm³/mol. The standard InChI is InChI=1S/C15H13NO4S/c1-2-8-20-11-5-3-10(4-6-11)13(17)16-14-12(15(18)19)7-9-21-14/h2-7,9H,1,8H2,(H,16,17)(H,18,19). The van der Waals surface area contributed by atoms with Crippen molar-refractivity contribution in [3.05, 3.63) is 59.5 Å². The third-order valence-electron chi connectivity index (χ3n) is 2.61. The average molecular weight is 303 g/mol. The minimum absolute atomic E-state index is 0.0827. The van der Waals surface area contributed by atoms with Crippen LogP contribution in [0.4, 0.5) is 5.00 Å². The maximum Gasteiger partial charge on any atom is 0.338 e. The van der Waals surface area contributed by atoms with Gasteiger partial charge < -0.3 is 15.2 Å². The molecule has 1 aromatic heterocycles. The van der Waals surface area contributed by atoms with Gasteiger partial charge in [-0.3, -0.25) is 4.79 Å². The zero-order valence-electron chi connectivity index (χ0n) is 11.0. The second-order valence-corrected chi connectivity index (χ2v) is 4.96. The number of ether oxygens (including phenoxy) is 1. The van der Waals surface area contributed by atoms with Crippen LogP contribution in [0.3, 0.4) is 0 Å². The van der Waals surface area contributed by atoms with Gasteiger partial charge in [0.25, 0.3) is 5.91 Å². The minimum Gasteiger partial charge on any atom is -0.490 e. The molecule has 0 radical (unpaired) electrons. The third-order valence-corrected chi connectivity index (χ3v) is 3.44. The smallest absolute Gasteiger partial charge is 0.338 e. The molecule has 0 saturated carbocycles. The molecule has 0 saturated heterocycles. The number of hydrogen-bond donors (Lipinski definition) is 2. The molecule has 2 N–H and O–H groups in total. The molecule has 1 amide bonds. The normalized spacial score (nSPS) is 9.90. The van der Waals surface area contributed by atoms with E-state index in [0.717, 1.165) is 0 Å². The predicted octanol–water partition coefficient (Wildman–Crippen LogP) is 3.26. The maximum absolute atomic E-state index is 12.1. The van der Waals surface area contributed by atoms with E-state index < -0.39 is 5.97 Å². The van der Waals surface area contributed by atoms with Crippen molar-refractivity contribution >= 4 is 28.2 Å². The summed E-state index contributed by atoms with van der Waals surface area (Å²) in [7, 11) is 0. The molecule has 0 aliphatic rings. The van der Waals surface area contributed by atoms with Crippen LogP contribution < -0.4 is 10.1 Å². The summed E-state index contributed by atoms with van der Waals surface area (Å²) in [4.78, 5) is 23.0. The van der Waals surface area contributed by atoms with Gasteiger partial charge in [0, 0.05) is 5.56 Å². The molecule has 0 aliphatic heterocycles. The molecule has 5 nitrogen and oxygen atoms in total. The summed E-state index contributed by atoms with van der Waals surface area (Å²) in [5.74, 6) is -0.802. The van der Waals surface area contributed by atoms with Crippen molar-refractivity contribution < 1.29 is 19.4 Å². The van der Waals surface area contributed by atoms with Gasteiger partial charge in [-0.2, -0.15) is 0 Å². The maximum atomic E-state index is 12.1. The van der Waals surface area contributed by atoms with Crippen molar-refractivity contribution in [2.75, 3.05) is 11.9 Å². The van der Waals surface area contributed by atoms with Gasteiger partial charge in [0.2, 0.25) is 0 Å². The van der Waals surface area contributed by atoms with Gasteiger partial charge in [-0.1, -0.05) is 12.7 Å². The lowest BCUT2D eigenvalue weighted by Gasteiger charge is -2.06. The number of aromatic carboxylic acids is 1. The number of carbonyl (C=O) groups excluding carboxylic acids is 1. The lowest BCUT2D eigenvalue weighted by molar-refractivity contribution is 0.0698. The minimum atomic E-state index is -1.07. The average Bonchev–Trinajstić information content (AvgIpc) is 2.94. The lowest BCUT2D eigenvalue weighted by atomic mass is 10.2. The van der Waals surface area contributed by atoms with Crippen LogP contribution >= 0.6 is 11.3 Å². The van der Waals surface area contributed by atoms with Gasteiger partial charge in [0.05, 0.1) is 5.56 Å². The Labute approximate surface area is 125 Å². The molecule has 0 bridgehead atoms. The molecule has 21 heavy (non-hydrogen) atoms. The number of nitrogens with one attached hydrogen (secondary N) is 1. The highest BCUT2D eigenvalue weighted by atomic mass is 32.1. The molecule has 0 spiro atoms. The second kappa shape index (κ2) is 6.71. The van der Waals surface area contributed by atoms with Crippen molar-refractivity contribution in [2.45, 2.75) is 0 Å². The molecular formula is C15H13NO4S. The highest BCUT2D eigenvalue weighted by molar-refractivity contribution is 7.14. The van der Waals surface area contributed by atoms with E-state index in [2.05, 4.69) is 11.9 Å². The quantitative estimate of drug-likeness (QED) is 0.803. The molecule has 6 heteroatoms. The van der Waals surface area contributed by atoms with Crippen molar-refractivity contribution in [1.82, 2.24) is 0 Å². The molecular weight excluding hydrogens is 290 g/mol. The first kappa shape index (κ1) is 14.8. The van der Waals surface area contributed by atoms with Crippen LogP contribution in [0.5, 0.6) is 5.75 Å². The number of thiophene rings is 1. The van der Waals surface area contributed by atoms with E-state index in [1.807, 2.05) is 0 Å². The molecule has 2 rings (SSSR count). The molecule has 1 aromatic carbocycles. The van der Waals surface area contributed by atoms with E-state index in [1.165, 1.54) is 17.4 Å². The Kier molecular flexibility index (Phi) is 4.73. The Morgan fingerprint density at radius 2 is 2.00 bits per heavy atom. The van der Waals surface area contributed by atoms with Crippen LogP contribution in [-0.2, 0) is 0 Å². The van der Waals surface area contributed by atoms with Crippen LogP contribution in [0.2, 0.25) is 0 Å². The van der Waals surface area contributed by atoms with Crippen LogP contribution in [0.1, 0.15) is 20.7 Å². The molecule has 2 aromatic rings. The van der Waals surface area contributed by atoms with E-state index in [0.29, 0.717) is 22.9 Å². The largest absolute Gasteiger partial charge is 0.490 e. The second-order valence-electron chi connectivity index (χ2n) is 4.05. The number of rotatable bonds is 6. The number of carboxylic acids is 1. The number of anilines is 1. The molecule has 0 fully saturated rings. The first-order chi connectivity index (χ1) is 10.1. The Morgan fingerprint density at radius 3 is 2.62 bits per heavy atom. The summed E-state index contributed by atoms with van der Waals surface area (Å²) in [5, 5.41) is 13.5. The fourth-order valence-electron chi connectivity index (χ4n) is 1.61. The lowest BCUT2D eigenvalue weighted by Crippen LogP contribution is -2.13. The van der Waals surface area contributed by atoms with Gasteiger partial charge in [-0.25, -0.2) is 4.79 Å². The number of carboxylic acid groups (broad SMARTS) is 1. The Balaban J connectivity index is 2.08. The molecule has 0 aliphatic carbocycles. The van der Waals surface area contributed by atoms with E-state index in [9.17, 15) is 9.59 Å². The monoisotopic (exact) mass is 303 g/mol. The van der Waals surface area contributed by atoms with Crippen LogP contribution in [-0.4, -0.2) is 23.6 Å². The zero-order chi connectivity index (χ0) is 15.2. The molecule has 1 heterocycles. The SMILES string of the molecule is C=CCOc1ccc(C(=O)Nc2sccc2C(=O)O)cc1. The number of hydrogen-bond acceptors (Lipinski definition) is 4. The van der Waals surface area contributed by atoms with Gasteiger partial charge in [0.1, 0.15) is 17.4 Å². The summed E-state index contributed by atoms with van der Waals surface area (Å²) >= 11 is 1.17. The van der Waals surface area contributed by atoms with Crippen molar-refractivity contribution in [2.24, 2.45) is 0 Å². The van der Waals surface area contributed by atoms with Gasteiger partial charge in [0.15, 0.2) is 0 Å². The van der Waals surface area contributed by atoms with Gasteiger partial charge in [-0.05, 0) is 35.7 Å². The number of amides is 1. The fourth-order valence-corrected chi connectivity index (χ4v) is 2.38. The summed E-state index contributed by atoms with van der Waals surface area (Å²) in [6, 6.07) is 8.02. The first-order valence-corrected chi connectivity index (χ1v) is 6.95. The number of benzene rings is 1. The zero-order valence-corrected chi connectivity index (χ0v) is 11.9. The highest BCUT2D eigenvalue weighted by Crippen LogP contribution is 2.24. The van der Waals surface area contributed by atoms with E-state index in [4.69, 9.17) is 9.84 Å². The summed E-state index contributed by atoms with van der Waals surface area (Å²) in [5.41, 5.74) is 0.505. The van der Waals surface area contributed by atoms with Gasteiger partial charge in [-0.15, -0.1) is 11.3 Å². The summed E-state index contributed by atoms with van der Waals surface area (Å²) in [6.45, 7) is 3.94. The van der Waals surface area contributed by atoms with Crippen LogP contribution in [0.25, 0.3) is 0 Å². The van der Waals surface area contributed by atoms with E-state index in [1.54, 1.807) is 35.7 Å². The highest BCUT2D eigenvalue weighted by Gasteiger charge is 2.14. The Morgan fingerprint density at radius 1 is 1.29 bits per heavy atom. The third kappa shape index (κ3) is 3.70. The van der Waals surface area contributed by atoms with E-state index in [-0.39, 0.29) is 11.5 Å². The Bertz CT molecular complexity index is 661. The topological polar surface area (TPSA) is 75.6 Å². The van der Waals surface area contributed by atoms with Crippen molar-refractivity contribution in [1.29, 1.82) is 0 Å². The van der Waals surface area contributed by atoms with Crippen LogP contribution in [0, 0.1) is 0 Å². The fraction of sp³-hybridized carbons (Fsp3) is 0.0667. The van der Waals surface area contributed by atoms with E-state index >= 15 is 0 Å². The first-order valence-electron chi connectivity index (χ1n) is 6.07. The molecule has 0 atom stereocenters. The Hall–Kier alpha value is -2.60. The van der Waals surface area contributed by atoms with Crippen molar-refractivity contribution in [3.8, 4) is 5.75 Å². The van der Waals surface area contributed by atoms with Crippen molar-refractivity contribution in [3.63, 3.8) is 0 Å².